The number of halogens is 3. The lowest BCUT2D eigenvalue weighted by Crippen LogP contribution is -2.20. The molecule has 1 aromatic heterocycles. The molecular weight excluding hydrogens is 277 g/mol. The van der Waals surface area contributed by atoms with Gasteiger partial charge in [-0.3, -0.25) is 4.57 Å². The van der Waals surface area contributed by atoms with Gasteiger partial charge in [0, 0.05) is 6.20 Å². The summed E-state index contributed by atoms with van der Waals surface area (Å²) in [6.45, 7) is 0. The third-order valence-corrected chi connectivity index (χ3v) is 3.30. The van der Waals surface area contributed by atoms with Gasteiger partial charge in [-0.2, -0.15) is 13.2 Å². The Morgan fingerprint density at radius 3 is 2.45 bits per heavy atom. The van der Waals surface area contributed by atoms with Crippen LogP contribution in [0.25, 0.3) is 6.20 Å². The quantitative estimate of drug-likeness (QED) is 0.889. The molecule has 1 aromatic rings. The van der Waals surface area contributed by atoms with Gasteiger partial charge in [-0.25, -0.2) is 4.79 Å². The maximum Gasteiger partial charge on any atom is 0.414 e. The molecule has 0 aliphatic heterocycles. The molecule has 9 heteroatoms. The zero-order valence-electron chi connectivity index (χ0n) is 10.4. The van der Waals surface area contributed by atoms with E-state index in [1.54, 1.807) is 0 Å². The lowest BCUT2D eigenvalue weighted by Gasteiger charge is -2.18. The summed E-state index contributed by atoms with van der Waals surface area (Å²) in [5, 5.41) is 15.4. The Bertz CT molecular complexity index is 544. The predicted octanol–water partition coefficient (Wildman–Crippen LogP) is 2.15. The fourth-order valence-corrected chi connectivity index (χ4v) is 2.36. The number of hydrogen-bond donors (Lipinski definition) is 2. The fraction of sp³-hybridized carbons (Fsp3) is 0.545. The van der Waals surface area contributed by atoms with Gasteiger partial charge in [0.15, 0.2) is 0 Å². The predicted molar refractivity (Wildman–Crippen MR) is 63.7 cm³/mol. The summed E-state index contributed by atoms with van der Waals surface area (Å²) in [7, 11) is 0. The zero-order valence-corrected chi connectivity index (χ0v) is 10.4. The average Bonchev–Trinajstić information content (AvgIpc) is 2.94. The first-order valence-corrected chi connectivity index (χ1v) is 6.03. The first-order chi connectivity index (χ1) is 9.30. The van der Waals surface area contributed by atoms with E-state index in [0.29, 0.717) is 23.6 Å². The number of nitrogen functional groups attached to an aromatic ring is 1. The van der Waals surface area contributed by atoms with Crippen LogP contribution in [0.4, 0.5) is 19.1 Å². The van der Waals surface area contributed by atoms with E-state index in [1.807, 2.05) is 0 Å². The van der Waals surface area contributed by atoms with Crippen molar-refractivity contribution in [3.63, 3.8) is 0 Å². The third-order valence-electron chi connectivity index (χ3n) is 3.30. The molecule has 0 unspecified atom stereocenters. The summed E-state index contributed by atoms with van der Waals surface area (Å²) in [4.78, 5) is 10.9. The lowest BCUT2D eigenvalue weighted by molar-refractivity contribution is -0.0979. The van der Waals surface area contributed by atoms with E-state index in [9.17, 15) is 18.0 Å². The van der Waals surface area contributed by atoms with Gasteiger partial charge in [0.1, 0.15) is 0 Å². The highest BCUT2D eigenvalue weighted by molar-refractivity contribution is 5.85. The van der Waals surface area contributed by atoms with Crippen molar-refractivity contribution in [2.75, 3.05) is 5.73 Å². The van der Waals surface area contributed by atoms with E-state index in [4.69, 9.17) is 10.8 Å². The van der Waals surface area contributed by atoms with Crippen molar-refractivity contribution >= 4 is 18.1 Å². The molecule has 1 aliphatic carbocycles. The van der Waals surface area contributed by atoms with Crippen molar-refractivity contribution in [2.45, 2.75) is 31.9 Å². The highest BCUT2D eigenvalue weighted by Gasteiger charge is 2.40. The maximum atomic E-state index is 13.1. The molecule has 1 aliphatic rings. The van der Waals surface area contributed by atoms with E-state index in [1.165, 1.54) is 0 Å². The Balaban J connectivity index is 2.48. The fourth-order valence-electron chi connectivity index (χ4n) is 2.36. The number of carbonyl (C=O) groups is 1. The number of carboxylic acid groups (broad SMARTS) is 1. The van der Waals surface area contributed by atoms with Crippen molar-refractivity contribution in [3.8, 4) is 0 Å². The molecule has 0 spiro atoms. The highest BCUT2D eigenvalue weighted by atomic mass is 19.4. The Morgan fingerprint density at radius 1 is 1.35 bits per heavy atom. The van der Waals surface area contributed by atoms with Crippen LogP contribution in [0.15, 0.2) is 5.57 Å². The number of aromatic carboxylic acids is 1. The number of rotatable bonds is 3. The highest BCUT2D eigenvalue weighted by Crippen LogP contribution is 2.40. The lowest BCUT2D eigenvalue weighted by atomic mass is 9.98. The number of hydrogen-bond acceptors (Lipinski definition) is 4. The SMILES string of the molecule is Nc1nnc(C(=O)O)n1/C=C(\C1CCCC1)C(F)(F)F. The van der Waals surface area contributed by atoms with Gasteiger partial charge in [-0.15, -0.1) is 10.2 Å². The molecule has 0 aromatic carbocycles. The molecule has 0 atom stereocenters. The molecule has 1 saturated carbocycles. The number of aromatic nitrogens is 3. The van der Waals surface area contributed by atoms with Crippen molar-refractivity contribution < 1.29 is 23.1 Å². The number of carboxylic acids is 1. The Kier molecular flexibility index (Phi) is 3.69. The van der Waals surface area contributed by atoms with Gasteiger partial charge in [-0.05, 0) is 18.8 Å². The molecule has 1 heterocycles. The van der Waals surface area contributed by atoms with Crippen molar-refractivity contribution in [2.24, 2.45) is 5.92 Å². The van der Waals surface area contributed by atoms with Crippen LogP contribution in [0, 0.1) is 5.92 Å². The van der Waals surface area contributed by atoms with Crippen LogP contribution in [0.5, 0.6) is 0 Å². The summed E-state index contributed by atoms with van der Waals surface area (Å²) in [5.74, 6) is -3.15. The number of nitrogens with zero attached hydrogens (tertiary/aromatic N) is 3. The molecule has 1 fully saturated rings. The molecule has 3 N–H and O–H groups in total. The molecule has 0 saturated heterocycles. The van der Waals surface area contributed by atoms with E-state index in [-0.39, 0.29) is 5.95 Å². The molecular formula is C11H13F3N4O2. The molecule has 6 nitrogen and oxygen atoms in total. The molecule has 0 amide bonds. The summed E-state index contributed by atoms with van der Waals surface area (Å²) < 4.78 is 40.0. The molecule has 110 valence electrons. The minimum Gasteiger partial charge on any atom is -0.475 e. The van der Waals surface area contributed by atoms with E-state index >= 15 is 0 Å². The molecule has 0 bridgehead atoms. The molecule has 2 rings (SSSR count). The first-order valence-electron chi connectivity index (χ1n) is 6.03. The largest absolute Gasteiger partial charge is 0.475 e. The summed E-state index contributed by atoms with van der Waals surface area (Å²) in [6, 6.07) is 0. The topological polar surface area (TPSA) is 94.0 Å². The minimum atomic E-state index is -4.54. The average molecular weight is 290 g/mol. The normalized spacial score (nSPS) is 17.6. The summed E-state index contributed by atoms with van der Waals surface area (Å²) in [5.41, 5.74) is 4.60. The Labute approximate surface area is 112 Å². The standard InChI is InChI=1S/C11H13F3N4O2/c12-11(13,14)7(6-3-1-2-4-6)5-18-8(9(19)20)16-17-10(18)15/h5-6H,1-4H2,(H2,15,17)(H,19,20)/b7-5+. The van der Waals surface area contributed by atoms with Crippen LogP contribution >= 0.6 is 0 Å². The number of anilines is 1. The van der Waals surface area contributed by atoms with Gasteiger partial charge in [0.25, 0.3) is 0 Å². The van der Waals surface area contributed by atoms with E-state index in [0.717, 1.165) is 12.8 Å². The van der Waals surface area contributed by atoms with Gasteiger partial charge in [0.05, 0.1) is 5.57 Å². The van der Waals surface area contributed by atoms with Crippen LogP contribution in [0.2, 0.25) is 0 Å². The van der Waals surface area contributed by atoms with Crippen molar-refractivity contribution in [3.05, 3.63) is 11.4 Å². The zero-order chi connectivity index (χ0) is 14.9. The first kappa shape index (κ1) is 14.4. The van der Waals surface area contributed by atoms with Gasteiger partial charge >= 0.3 is 12.1 Å². The third kappa shape index (κ3) is 2.75. The van der Waals surface area contributed by atoms with Crippen molar-refractivity contribution in [1.82, 2.24) is 14.8 Å². The van der Waals surface area contributed by atoms with Crippen LogP contribution in [0.3, 0.4) is 0 Å². The second kappa shape index (κ2) is 5.14. The minimum absolute atomic E-state index is 0.387. The van der Waals surface area contributed by atoms with Crippen LogP contribution in [0.1, 0.15) is 36.3 Å². The van der Waals surface area contributed by atoms with Gasteiger partial charge in [0.2, 0.25) is 11.8 Å². The smallest absolute Gasteiger partial charge is 0.414 e. The second-order valence-electron chi connectivity index (χ2n) is 4.62. The maximum absolute atomic E-state index is 13.1. The van der Waals surface area contributed by atoms with E-state index < -0.39 is 29.5 Å². The monoisotopic (exact) mass is 290 g/mol. The Morgan fingerprint density at radius 2 is 1.95 bits per heavy atom. The van der Waals surface area contributed by atoms with E-state index in [2.05, 4.69) is 10.2 Å². The summed E-state index contributed by atoms with van der Waals surface area (Å²) >= 11 is 0. The number of alkyl halides is 3. The number of nitrogens with two attached hydrogens (primary N) is 1. The second-order valence-corrected chi connectivity index (χ2v) is 4.62. The number of allylic oxidation sites excluding steroid dienone is 1. The Hall–Kier alpha value is -2.06. The summed E-state index contributed by atoms with van der Waals surface area (Å²) in [6.07, 6.45) is -1.54. The van der Waals surface area contributed by atoms with Gasteiger partial charge < -0.3 is 10.8 Å². The molecule has 20 heavy (non-hydrogen) atoms. The van der Waals surface area contributed by atoms with Crippen LogP contribution in [-0.2, 0) is 0 Å². The van der Waals surface area contributed by atoms with Gasteiger partial charge in [-0.1, -0.05) is 12.8 Å². The van der Waals surface area contributed by atoms with Crippen LogP contribution in [-0.4, -0.2) is 32.0 Å². The molecule has 0 radical (unpaired) electrons. The van der Waals surface area contributed by atoms with Crippen molar-refractivity contribution in [1.29, 1.82) is 0 Å². The van der Waals surface area contributed by atoms with Crippen LogP contribution < -0.4 is 5.73 Å².